The molecule has 0 fully saturated rings. The van der Waals surface area contributed by atoms with Crippen molar-refractivity contribution in [1.82, 2.24) is 4.90 Å². The number of hydrogen-bond donors (Lipinski definition) is 1. The van der Waals surface area contributed by atoms with Crippen LogP contribution in [0.25, 0.3) is 20.2 Å². The van der Waals surface area contributed by atoms with Crippen molar-refractivity contribution < 1.29 is 43.2 Å². The van der Waals surface area contributed by atoms with Crippen molar-refractivity contribution in [2.75, 3.05) is 54.7 Å². The molecule has 0 aliphatic heterocycles. The van der Waals surface area contributed by atoms with Gasteiger partial charge in [0.15, 0.2) is 28.8 Å². The molecule has 0 aliphatic carbocycles. The van der Waals surface area contributed by atoms with Gasteiger partial charge in [-0.05, 0) is 41.5 Å². The van der Waals surface area contributed by atoms with Crippen LogP contribution in [0.5, 0.6) is 23.0 Å². The number of ether oxygens (including phenoxy) is 5. The average Bonchev–Trinajstić information content (AvgIpc) is 3.61. The van der Waals surface area contributed by atoms with Gasteiger partial charge in [0.1, 0.15) is 0 Å². The number of fused-ring (bicyclic) bond motifs is 2. The summed E-state index contributed by atoms with van der Waals surface area (Å²) < 4.78 is 29.9. The number of ketones is 1. The molecule has 1 N–H and O–H groups in total. The zero-order chi connectivity index (χ0) is 30.9. The molecule has 2 aromatic carbocycles. The molecule has 0 radical (unpaired) electrons. The van der Waals surface area contributed by atoms with Crippen molar-refractivity contribution in [3.05, 3.63) is 46.2 Å². The Bertz CT molecular complexity index is 1590. The summed E-state index contributed by atoms with van der Waals surface area (Å²) in [6, 6.07) is 11.0. The molecule has 230 valence electrons. The van der Waals surface area contributed by atoms with Gasteiger partial charge in [-0.15, -0.1) is 22.7 Å². The lowest BCUT2D eigenvalue weighted by Gasteiger charge is -2.15. The van der Waals surface area contributed by atoms with Gasteiger partial charge in [0, 0.05) is 61.7 Å². The van der Waals surface area contributed by atoms with Crippen LogP contribution in [0, 0.1) is 0 Å². The van der Waals surface area contributed by atoms with Gasteiger partial charge in [-0.2, -0.15) is 0 Å². The minimum atomic E-state index is -1.000. The molecule has 0 saturated carbocycles. The second kappa shape index (κ2) is 15.0. The van der Waals surface area contributed by atoms with Crippen molar-refractivity contribution in [2.45, 2.75) is 25.7 Å². The van der Waals surface area contributed by atoms with Crippen LogP contribution in [-0.4, -0.2) is 82.4 Å². The highest BCUT2D eigenvalue weighted by molar-refractivity contribution is 7.21. The fourth-order valence-electron chi connectivity index (χ4n) is 4.38. The van der Waals surface area contributed by atoms with E-state index < -0.39 is 5.97 Å². The molecule has 0 unspecified atom stereocenters. The Balaban J connectivity index is 1.36. The lowest BCUT2D eigenvalue weighted by atomic mass is 10.1. The Kier molecular flexibility index (Phi) is 11.2. The standard InChI is InChI=1S/C31H35NO9S2/c1-32(9-5-10-37-2)31(36)29-16-19-13-22(38-3)25(18-27(19)43-29)41-12-6-11-40-24-14-20-15-28(21(33)7-8-30(34)35)42-26(20)17-23(24)39-4/h13-18H,5-12H2,1-4H3,(H,34,35). The van der Waals surface area contributed by atoms with Gasteiger partial charge < -0.3 is 33.7 Å². The second-order valence-corrected chi connectivity index (χ2v) is 11.9. The van der Waals surface area contributed by atoms with E-state index in [0.29, 0.717) is 65.5 Å². The van der Waals surface area contributed by atoms with Gasteiger partial charge in [-0.25, -0.2) is 0 Å². The minimum Gasteiger partial charge on any atom is -0.493 e. The van der Waals surface area contributed by atoms with Crippen molar-refractivity contribution in [1.29, 1.82) is 0 Å². The van der Waals surface area contributed by atoms with E-state index in [0.717, 1.165) is 26.6 Å². The fourth-order valence-corrected chi connectivity index (χ4v) is 6.49. The molecule has 0 bridgehead atoms. The molecule has 2 heterocycles. The zero-order valence-corrected chi connectivity index (χ0v) is 26.2. The van der Waals surface area contributed by atoms with Crippen LogP contribution in [0.2, 0.25) is 0 Å². The molecule has 1 amide bonds. The number of hydrogen-bond acceptors (Lipinski definition) is 10. The Labute approximate surface area is 257 Å². The second-order valence-electron chi connectivity index (χ2n) is 9.74. The fraction of sp³-hybridized carbons (Fsp3) is 0.387. The Hall–Kier alpha value is -3.87. The summed E-state index contributed by atoms with van der Waals surface area (Å²) in [5.41, 5.74) is 0. The van der Waals surface area contributed by atoms with Gasteiger partial charge in [0.25, 0.3) is 5.91 Å². The third-order valence-corrected chi connectivity index (χ3v) is 8.87. The molecule has 0 atom stereocenters. The third kappa shape index (κ3) is 8.15. The summed E-state index contributed by atoms with van der Waals surface area (Å²) in [6.07, 6.45) is 1.10. The molecule has 0 saturated heterocycles. The number of carboxylic acid groups (broad SMARTS) is 1. The highest BCUT2D eigenvalue weighted by Crippen LogP contribution is 2.38. The highest BCUT2D eigenvalue weighted by Gasteiger charge is 2.18. The first-order valence-electron chi connectivity index (χ1n) is 13.7. The van der Waals surface area contributed by atoms with Gasteiger partial charge in [0.2, 0.25) is 0 Å². The van der Waals surface area contributed by atoms with Crippen LogP contribution in [0.15, 0.2) is 36.4 Å². The topological polar surface area (TPSA) is 121 Å². The zero-order valence-electron chi connectivity index (χ0n) is 24.6. The molecule has 12 heteroatoms. The molecule has 2 aromatic heterocycles. The molecule has 4 rings (SSSR count). The summed E-state index contributed by atoms with van der Waals surface area (Å²) in [5.74, 6) is 1.01. The number of benzene rings is 2. The first-order chi connectivity index (χ1) is 20.7. The quantitative estimate of drug-likeness (QED) is 0.108. The molecular weight excluding hydrogens is 594 g/mol. The molecule has 0 aliphatic rings. The van der Waals surface area contributed by atoms with E-state index in [1.54, 1.807) is 39.3 Å². The first kappa shape index (κ1) is 32.1. The molecular formula is C31H35NO9S2. The number of aliphatic carboxylic acids is 1. The van der Waals surface area contributed by atoms with Crippen molar-refractivity contribution in [3.8, 4) is 23.0 Å². The van der Waals surface area contributed by atoms with Crippen LogP contribution in [-0.2, 0) is 9.53 Å². The number of carboxylic acids is 1. The third-order valence-electron chi connectivity index (χ3n) is 6.65. The summed E-state index contributed by atoms with van der Waals surface area (Å²) in [4.78, 5) is 38.9. The molecule has 0 spiro atoms. The lowest BCUT2D eigenvalue weighted by Crippen LogP contribution is -2.27. The number of Topliss-reactive ketones (excluding diaryl/α,β-unsaturated/α-hetero) is 1. The predicted molar refractivity (Wildman–Crippen MR) is 167 cm³/mol. The Morgan fingerprint density at radius 1 is 0.721 bits per heavy atom. The summed E-state index contributed by atoms with van der Waals surface area (Å²) in [6.45, 7) is 1.94. The van der Waals surface area contributed by atoms with E-state index in [-0.39, 0.29) is 24.5 Å². The van der Waals surface area contributed by atoms with E-state index in [9.17, 15) is 14.4 Å². The Morgan fingerprint density at radius 2 is 1.28 bits per heavy atom. The van der Waals surface area contributed by atoms with Crippen LogP contribution in [0.3, 0.4) is 0 Å². The van der Waals surface area contributed by atoms with Crippen LogP contribution < -0.4 is 18.9 Å². The SMILES string of the molecule is COCCCN(C)C(=O)c1cc2cc(OC)c(OCCCOc3cc4cc(C(=O)CCC(=O)O)sc4cc3OC)cc2s1. The van der Waals surface area contributed by atoms with E-state index in [1.807, 2.05) is 30.3 Å². The van der Waals surface area contributed by atoms with Crippen molar-refractivity contribution in [3.63, 3.8) is 0 Å². The smallest absolute Gasteiger partial charge is 0.303 e. The Morgan fingerprint density at radius 3 is 1.91 bits per heavy atom. The molecule has 10 nitrogen and oxygen atoms in total. The number of rotatable bonds is 17. The average molecular weight is 630 g/mol. The number of nitrogens with zero attached hydrogens (tertiary/aromatic N) is 1. The highest BCUT2D eigenvalue weighted by atomic mass is 32.1. The van der Waals surface area contributed by atoms with Crippen molar-refractivity contribution >= 4 is 60.5 Å². The van der Waals surface area contributed by atoms with Crippen LogP contribution in [0.4, 0.5) is 0 Å². The maximum Gasteiger partial charge on any atom is 0.303 e. The normalized spacial score (nSPS) is 11.1. The summed E-state index contributed by atoms with van der Waals surface area (Å²) in [7, 11) is 6.57. The predicted octanol–water partition coefficient (Wildman–Crippen LogP) is 6.14. The van der Waals surface area contributed by atoms with E-state index in [1.165, 1.54) is 22.7 Å². The summed E-state index contributed by atoms with van der Waals surface area (Å²) in [5, 5.41) is 10.6. The van der Waals surface area contributed by atoms with Crippen LogP contribution >= 0.6 is 22.7 Å². The van der Waals surface area contributed by atoms with Crippen molar-refractivity contribution in [2.24, 2.45) is 0 Å². The maximum atomic E-state index is 12.9. The number of methoxy groups -OCH3 is 3. The minimum absolute atomic E-state index is 0.0343. The van der Waals surface area contributed by atoms with Gasteiger partial charge in [-0.3, -0.25) is 14.4 Å². The van der Waals surface area contributed by atoms with Crippen LogP contribution in [0.1, 0.15) is 45.0 Å². The van der Waals surface area contributed by atoms with E-state index >= 15 is 0 Å². The van der Waals surface area contributed by atoms with E-state index in [4.69, 9.17) is 28.8 Å². The molecule has 4 aromatic rings. The monoisotopic (exact) mass is 629 g/mol. The van der Waals surface area contributed by atoms with Gasteiger partial charge in [-0.1, -0.05) is 0 Å². The maximum absolute atomic E-state index is 12.9. The number of carbonyl (C=O) groups excluding carboxylic acids is 2. The molecule has 43 heavy (non-hydrogen) atoms. The van der Waals surface area contributed by atoms with Gasteiger partial charge >= 0.3 is 5.97 Å². The van der Waals surface area contributed by atoms with Gasteiger partial charge in [0.05, 0.1) is 43.6 Å². The number of carbonyl (C=O) groups is 3. The summed E-state index contributed by atoms with van der Waals surface area (Å²) >= 11 is 2.72. The number of amides is 1. The largest absolute Gasteiger partial charge is 0.493 e. The number of thiophene rings is 2. The first-order valence-corrected chi connectivity index (χ1v) is 15.4. The lowest BCUT2D eigenvalue weighted by molar-refractivity contribution is -0.136. The van der Waals surface area contributed by atoms with E-state index in [2.05, 4.69) is 0 Å².